The van der Waals surface area contributed by atoms with Crippen LogP contribution in [0.4, 0.5) is 0 Å². The van der Waals surface area contributed by atoms with Crippen molar-refractivity contribution in [3.05, 3.63) is 85.1 Å². The van der Waals surface area contributed by atoms with Crippen LogP contribution < -0.4 is 4.74 Å². The Morgan fingerprint density at radius 2 is 1.41 bits per heavy atom. The molecule has 0 spiro atoms. The molecule has 2 nitrogen and oxygen atoms in total. The van der Waals surface area contributed by atoms with Crippen molar-refractivity contribution in [2.45, 2.75) is 0 Å². The Labute approximate surface area is 128 Å². The summed E-state index contributed by atoms with van der Waals surface area (Å²) in [5, 5.41) is 2.38. The standard InChI is InChI=1S/C20H14O2/c1-2-5-17-14-19(12-7-15(17)4-1)22-18-10-8-16(9-11-18)20-6-3-13-21-20/h1-14H. The molecular weight excluding hydrogens is 272 g/mol. The van der Waals surface area contributed by atoms with Crippen molar-refractivity contribution in [2.24, 2.45) is 0 Å². The fourth-order valence-corrected chi connectivity index (χ4v) is 2.50. The Balaban J connectivity index is 1.59. The molecule has 0 amide bonds. The normalized spacial score (nSPS) is 10.7. The highest BCUT2D eigenvalue weighted by Gasteiger charge is 2.02. The van der Waals surface area contributed by atoms with E-state index in [1.54, 1.807) is 6.26 Å². The maximum Gasteiger partial charge on any atom is 0.133 e. The number of ether oxygens (including phenoxy) is 1. The van der Waals surface area contributed by atoms with Gasteiger partial charge < -0.3 is 9.15 Å². The first-order valence-electron chi connectivity index (χ1n) is 7.19. The van der Waals surface area contributed by atoms with Crippen LogP contribution in [0, 0.1) is 0 Å². The third-order valence-corrected chi connectivity index (χ3v) is 3.62. The molecule has 0 saturated heterocycles. The minimum atomic E-state index is 0.811. The SMILES string of the molecule is c1coc(-c2ccc(Oc3ccc4ccccc4c3)cc2)c1. The average Bonchev–Trinajstić information content (AvgIpc) is 3.10. The van der Waals surface area contributed by atoms with Crippen molar-refractivity contribution >= 4 is 10.8 Å². The molecule has 0 unspecified atom stereocenters. The Bertz CT molecular complexity index is 891. The quantitative estimate of drug-likeness (QED) is 0.468. The number of hydrogen-bond donors (Lipinski definition) is 0. The summed E-state index contributed by atoms with van der Waals surface area (Å²) in [4.78, 5) is 0. The highest BCUT2D eigenvalue weighted by Crippen LogP contribution is 2.28. The number of fused-ring (bicyclic) bond motifs is 1. The van der Waals surface area contributed by atoms with E-state index in [1.807, 2.05) is 54.6 Å². The molecule has 22 heavy (non-hydrogen) atoms. The van der Waals surface area contributed by atoms with Gasteiger partial charge in [0.2, 0.25) is 0 Å². The van der Waals surface area contributed by atoms with E-state index >= 15 is 0 Å². The molecule has 0 aliphatic carbocycles. The lowest BCUT2D eigenvalue weighted by molar-refractivity contribution is 0.483. The molecule has 106 valence electrons. The third kappa shape index (κ3) is 2.47. The monoisotopic (exact) mass is 286 g/mol. The first kappa shape index (κ1) is 12.7. The molecule has 1 aromatic heterocycles. The molecule has 0 N–H and O–H groups in total. The van der Waals surface area contributed by atoms with E-state index in [0.29, 0.717) is 0 Å². The number of hydrogen-bond acceptors (Lipinski definition) is 2. The molecule has 0 fully saturated rings. The molecule has 2 heteroatoms. The second-order valence-corrected chi connectivity index (χ2v) is 5.11. The van der Waals surface area contributed by atoms with Crippen LogP contribution in [0.25, 0.3) is 22.1 Å². The fourth-order valence-electron chi connectivity index (χ4n) is 2.50. The van der Waals surface area contributed by atoms with Crippen molar-refractivity contribution in [3.63, 3.8) is 0 Å². The van der Waals surface area contributed by atoms with Crippen LogP contribution in [0.1, 0.15) is 0 Å². The molecule has 0 bridgehead atoms. The van der Waals surface area contributed by atoms with Crippen LogP contribution >= 0.6 is 0 Å². The van der Waals surface area contributed by atoms with Gasteiger partial charge in [-0.1, -0.05) is 30.3 Å². The smallest absolute Gasteiger partial charge is 0.133 e. The summed E-state index contributed by atoms with van der Waals surface area (Å²) >= 11 is 0. The van der Waals surface area contributed by atoms with E-state index in [1.165, 1.54) is 10.8 Å². The molecule has 1 heterocycles. The Hall–Kier alpha value is -3.00. The van der Waals surface area contributed by atoms with Gasteiger partial charge in [-0.2, -0.15) is 0 Å². The molecule has 3 aromatic carbocycles. The molecule has 0 radical (unpaired) electrons. The van der Waals surface area contributed by atoms with Crippen LogP contribution in [0.3, 0.4) is 0 Å². The molecule has 0 saturated carbocycles. The molecule has 4 aromatic rings. The summed E-state index contributed by atoms with van der Waals surface area (Å²) in [7, 11) is 0. The lowest BCUT2D eigenvalue weighted by Gasteiger charge is -2.07. The fraction of sp³-hybridized carbons (Fsp3) is 0. The van der Waals surface area contributed by atoms with Gasteiger partial charge in [0.15, 0.2) is 0 Å². The second kappa shape index (κ2) is 5.41. The Morgan fingerprint density at radius 1 is 0.636 bits per heavy atom. The molecule has 4 rings (SSSR count). The highest BCUT2D eigenvalue weighted by atomic mass is 16.5. The Morgan fingerprint density at radius 3 is 2.18 bits per heavy atom. The van der Waals surface area contributed by atoms with E-state index in [4.69, 9.17) is 9.15 Å². The summed E-state index contributed by atoms with van der Waals surface area (Å²) in [6.07, 6.45) is 1.68. The van der Waals surface area contributed by atoms with Gasteiger partial charge in [0.1, 0.15) is 17.3 Å². The Kier molecular flexibility index (Phi) is 3.13. The zero-order valence-corrected chi connectivity index (χ0v) is 11.9. The van der Waals surface area contributed by atoms with Gasteiger partial charge in [0.05, 0.1) is 6.26 Å². The average molecular weight is 286 g/mol. The van der Waals surface area contributed by atoms with Crippen LogP contribution in [0.2, 0.25) is 0 Å². The first-order valence-corrected chi connectivity index (χ1v) is 7.19. The van der Waals surface area contributed by atoms with Gasteiger partial charge in [-0.3, -0.25) is 0 Å². The molecular formula is C20H14O2. The number of furan rings is 1. The van der Waals surface area contributed by atoms with Crippen LogP contribution in [-0.2, 0) is 0 Å². The summed E-state index contributed by atoms with van der Waals surface area (Å²) < 4.78 is 11.3. The van der Waals surface area contributed by atoms with Crippen molar-refractivity contribution in [3.8, 4) is 22.8 Å². The predicted molar refractivity (Wildman–Crippen MR) is 88.2 cm³/mol. The largest absolute Gasteiger partial charge is 0.464 e. The lowest BCUT2D eigenvalue weighted by atomic mass is 10.1. The van der Waals surface area contributed by atoms with E-state index in [0.717, 1.165) is 22.8 Å². The van der Waals surface area contributed by atoms with Gasteiger partial charge in [-0.15, -0.1) is 0 Å². The van der Waals surface area contributed by atoms with Crippen molar-refractivity contribution in [1.82, 2.24) is 0 Å². The van der Waals surface area contributed by atoms with E-state index in [2.05, 4.69) is 24.3 Å². The van der Waals surface area contributed by atoms with Crippen molar-refractivity contribution in [1.29, 1.82) is 0 Å². The van der Waals surface area contributed by atoms with Crippen LogP contribution in [0.5, 0.6) is 11.5 Å². The number of benzene rings is 3. The summed E-state index contributed by atoms with van der Waals surface area (Å²) in [6, 6.07) is 26.1. The zero-order chi connectivity index (χ0) is 14.8. The van der Waals surface area contributed by atoms with E-state index < -0.39 is 0 Å². The molecule has 0 aliphatic rings. The molecule has 0 atom stereocenters. The van der Waals surface area contributed by atoms with Crippen molar-refractivity contribution < 1.29 is 9.15 Å². The second-order valence-electron chi connectivity index (χ2n) is 5.11. The van der Waals surface area contributed by atoms with E-state index in [-0.39, 0.29) is 0 Å². The van der Waals surface area contributed by atoms with Gasteiger partial charge >= 0.3 is 0 Å². The van der Waals surface area contributed by atoms with Crippen LogP contribution in [0.15, 0.2) is 89.5 Å². The van der Waals surface area contributed by atoms with Crippen molar-refractivity contribution in [2.75, 3.05) is 0 Å². The van der Waals surface area contributed by atoms with Gasteiger partial charge in [0.25, 0.3) is 0 Å². The maximum atomic E-state index is 5.93. The predicted octanol–water partition coefficient (Wildman–Crippen LogP) is 5.89. The summed E-state index contributed by atoms with van der Waals surface area (Å²) in [6.45, 7) is 0. The lowest BCUT2D eigenvalue weighted by Crippen LogP contribution is -1.84. The third-order valence-electron chi connectivity index (χ3n) is 3.62. The minimum Gasteiger partial charge on any atom is -0.464 e. The number of rotatable bonds is 3. The summed E-state index contributed by atoms with van der Waals surface area (Å²) in [5.41, 5.74) is 1.04. The molecule has 0 aliphatic heterocycles. The minimum absolute atomic E-state index is 0.811. The van der Waals surface area contributed by atoms with Crippen LogP contribution in [-0.4, -0.2) is 0 Å². The van der Waals surface area contributed by atoms with Gasteiger partial charge in [-0.25, -0.2) is 0 Å². The van der Waals surface area contributed by atoms with Gasteiger partial charge in [-0.05, 0) is 59.3 Å². The van der Waals surface area contributed by atoms with E-state index in [9.17, 15) is 0 Å². The first-order chi connectivity index (χ1) is 10.9. The zero-order valence-electron chi connectivity index (χ0n) is 11.9. The maximum absolute atomic E-state index is 5.93. The topological polar surface area (TPSA) is 22.4 Å². The highest BCUT2D eigenvalue weighted by molar-refractivity contribution is 5.83. The summed E-state index contributed by atoms with van der Waals surface area (Å²) in [5.74, 6) is 2.51. The van der Waals surface area contributed by atoms with Gasteiger partial charge in [0, 0.05) is 5.56 Å².